The van der Waals surface area contributed by atoms with E-state index in [4.69, 9.17) is 27.9 Å². The summed E-state index contributed by atoms with van der Waals surface area (Å²) in [5.41, 5.74) is 4.03. The Morgan fingerprint density at radius 2 is 1.71 bits per heavy atom. The summed E-state index contributed by atoms with van der Waals surface area (Å²) in [5.74, 6) is 0.979. The SMILES string of the molecule is O=C(C1CCOCC1)N1CCN(CC2=C(c3ccc(Cl)cc3Cl)NC=CNC(C3CC3)=CN2)CC1. The number of hydrogen-bond donors (Lipinski definition) is 3. The summed E-state index contributed by atoms with van der Waals surface area (Å²) in [4.78, 5) is 17.4. The maximum atomic E-state index is 13.0. The van der Waals surface area contributed by atoms with Gasteiger partial charge in [-0.1, -0.05) is 23.2 Å². The van der Waals surface area contributed by atoms with E-state index in [1.54, 1.807) is 6.07 Å². The number of carbonyl (C=O) groups excluding carboxylic acids is 1. The third kappa shape index (κ3) is 6.15. The fourth-order valence-electron chi connectivity index (χ4n) is 4.87. The molecule has 7 nitrogen and oxygen atoms in total. The van der Waals surface area contributed by atoms with Gasteiger partial charge >= 0.3 is 0 Å². The van der Waals surface area contributed by atoms with Gasteiger partial charge in [0.15, 0.2) is 0 Å². The molecule has 3 N–H and O–H groups in total. The molecule has 0 unspecified atom stereocenters. The zero-order valence-electron chi connectivity index (χ0n) is 19.9. The van der Waals surface area contributed by atoms with Crippen molar-refractivity contribution in [3.8, 4) is 0 Å². The van der Waals surface area contributed by atoms with E-state index in [9.17, 15) is 4.79 Å². The molecule has 0 spiro atoms. The number of piperazine rings is 1. The highest BCUT2D eigenvalue weighted by Crippen LogP contribution is 2.35. The van der Waals surface area contributed by atoms with Crippen LogP contribution in [-0.2, 0) is 9.53 Å². The molecule has 1 aliphatic carbocycles. The number of allylic oxidation sites excluding steroid dienone is 1. The zero-order chi connectivity index (χ0) is 24.2. The number of hydrogen-bond acceptors (Lipinski definition) is 6. The number of benzene rings is 1. The highest BCUT2D eigenvalue weighted by molar-refractivity contribution is 6.35. The van der Waals surface area contributed by atoms with E-state index in [0.717, 1.165) is 56.0 Å². The first-order valence-electron chi connectivity index (χ1n) is 12.5. The fraction of sp³-hybridized carbons (Fsp3) is 0.500. The Labute approximate surface area is 217 Å². The number of nitrogens with one attached hydrogen (secondary N) is 3. The van der Waals surface area contributed by atoms with Crippen LogP contribution in [0.25, 0.3) is 5.70 Å². The van der Waals surface area contributed by atoms with Crippen molar-refractivity contribution in [1.82, 2.24) is 25.8 Å². The van der Waals surface area contributed by atoms with Crippen molar-refractivity contribution in [3.63, 3.8) is 0 Å². The first-order chi connectivity index (χ1) is 17.1. The molecule has 1 aromatic rings. The minimum atomic E-state index is 0.113. The summed E-state index contributed by atoms with van der Waals surface area (Å²) in [6, 6.07) is 5.57. The lowest BCUT2D eigenvalue weighted by Gasteiger charge is -2.37. The summed E-state index contributed by atoms with van der Waals surface area (Å²) in [7, 11) is 0. The molecule has 3 heterocycles. The lowest BCUT2D eigenvalue weighted by atomic mass is 9.98. The molecule has 0 aromatic heterocycles. The van der Waals surface area contributed by atoms with Crippen molar-refractivity contribution < 1.29 is 9.53 Å². The summed E-state index contributed by atoms with van der Waals surface area (Å²) in [5, 5.41) is 11.6. The van der Waals surface area contributed by atoms with Crippen LogP contribution < -0.4 is 16.0 Å². The first kappa shape index (κ1) is 24.5. The van der Waals surface area contributed by atoms with E-state index in [2.05, 4.69) is 27.1 Å². The molecule has 35 heavy (non-hydrogen) atoms. The third-order valence-electron chi connectivity index (χ3n) is 7.12. The van der Waals surface area contributed by atoms with Gasteiger partial charge in [0.25, 0.3) is 0 Å². The largest absolute Gasteiger partial charge is 0.381 e. The molecule has 3 fully saturated rings. The van der Waals surface area contributed by atoms with Crippen LogP contribution in [-0.4, -0.2) is 61.6 Å². The van der Waals surface area contributed by atoms with Gasteiger partial charge in [-0.05, 0) is 43.9 Å². The molecule has 1 amide bonds. The Balaban J connectivity index is 1.33. The van der Waals surface area contributed by atoms with Crippen molar-refractivity contribution in [1.29, 1.82) is 0 Å². The third-order valence-corrected chi connectivity index (χ3v) is 7.67. The van der Waals surface area contributed by atoms with Crippen LogP contribution in [0, 0.1) is 11.8 Å². The number of halogens is 2. The smallest absolute Gasteiger partial charge is 0.225 e. The summed E-state index contributed by atoms with van der Waals surface area (Å²) >= 11 is 12.8. The molecule has 0 radical (unpaired) electrons. The Bertz CT molecular complexity index is 1020. The van der Waals surface area contributed by atoms with Crippen LogP contribution in [0.1, 0.15) is 31.2 Å². The van der Waals surface area contributed by atoms with Gasteiger partial charge in [0, 0.05) is 92.7 Å². The van der Waals surface area contributed by atoms with Crippen molar-refractivity contribution in [2.75, 3.05) is 45.9 Å². The van der Waals surface area contributed by atoms with Crippen LogP contribution in [0.5, 0.6) is 0 Å². The van der Waals surface area contributed by atoms with Crippen molar-refractivity contribution >= 4 is 34.8 Å². The highest BCUT2D eigenvalue weighted by Gasteiger charge is 2.30. The van der Waals surface area contributed by atoms with Crippen molar-refractivity contribution in [2.45, 2.75) is 25.7 Å². The quantitative estimate of drug-likeness (QED) is 0.552. The number of carbonyl (C=O) groups is 1. The molecule has 1 saturated carbocycles. The Morgan fingerprint density at radius 1 is 0.971 bits per heavy atom. The predicted molar refractivity (Wildman–Crippen MR) is 139 cm³/mol. The molecule has 188 valence electrons. The van der Waals surface area contributed by atoms with Gasteiger partial charge in [-0.2, -0.15) is 0 Å². The highest BCUT2D eigenvalue weighted by atomic mass is 35.5. The normalized spacial score (nSPS) is 22.3. The molecular weight excluding hydrogens is 485 g/mol. The van der Waals surface area contributed by atoms with E-state index in [-0.39, 0.29) is 11.8 Å². The van der Waals surface area contributed by atoms with E-state index in [1.165, 1.54) is 18.5 Å². The number of ether oxygens (including phenoxy) is 1. The average Bonchev–Trinajstić information content (AvgIpc) is 3.71. The minimum Gasteiger partial charge on any atom is -0.381 e. The van der Waals surface area contributed by atoms with Gasteiger partial charge in [-0.25, -0.2) is 0 Å². The van der Waals surface area contributed by atoms with Gasteiger partial charge in [-0.3, -0.25) is 9.69 Å². The fourth-order valence-corrected chi connectivity index (χ4v) is 5.37. The van der Waals surface area contributed by atoms with E-state index < -0.39 is 0 Å². The summed E-state index contributed by atoms with van der Waals surface area (Å²) < 4.78 is 5.43. The lowest BCUT2D eigenvalue weighted by Crippen LogP contribution is -2.51. The molecule has 5 rings (SSSR count). The maximum absolute atomic E-state index is 13.0. The molecule has 2 saturated heterocycles. The van der Waals surface area contributed by atoms with Gasteiger partial charge in [-0.15, -0.1) is 0 Å². The molecule has 4 aliphatic rings. The number of rotatable bonds is 5. The topological polar surface area (TPSA) is 68.9 Å². The monoisotopic (exact) mass is 517 g/mol. The van der Waals surface area contributed by atoms with Gasteiger partial charge in [0.2, 0.25) is 5.91 Å². The second-order valence-electron chi connectivity index (χ2n) is 9.61. The van der Waals surface area contributed by atoms with E-state index >= 15 is 0 Å². The minimum absolute atomic E-state index is 0.113. The van der Waals surface area contributed by atoms with Crippen LogP contribution in [0.3, 0.4) is 0 Å². The van der Waals surface area contributed by atoms with Crippen molar-refractivity contribution in [3.05, 3.63) is 63.8 Å². The van der Waals surface area contributed by atoms with Crippen LogP contribution in [0.15, 0.2) is 48.2 Å². The van der Waals surface area contributed by atoms with E-state index in [0.29, 0.717) is 35.7 Å². The van der Waals surface area contributed by atoms with Gasteiger partial charge in [0.05, 0.1) is 16.4 Å². The summed E-state index contributed by atoms with van der Waals surface area (Å²) in [6.07, 6.45) is 10.0. The van der Waals surface area contributed by atoms with Crippen LogP contribution in [0.2, 0.25) is 10.0 Å². The number of amides is 1. The molecule has 9 heteroatoms. The van der Waals surface area contributed by atoms with Crippen molar-refractivity contribution in [2.24, 2.45) is 11.8 Å². The Hall–Kier alpha value is -2.19. The number of nitrogens with zero attached hydrogens (tertiary/aromatic N) is 2. The maximum Gasteiger partial charge on any atom is 0.225 e. The molecule has 1 aromatic carbocycles. The van der Waals surface area contributed by atoms with E-state index in [1.807, 2.05) is 29.4 Å². The molecule has 3 aliphatic heterocycles. The lowest BCUT2D eigenvalue weighted by molar-refractivity contribution is -0.140. The molecule has 0 atom stereocenters. The van der Waals surface area contributed by atoms with Crippen LogP contribution in [0.4, 0.5) is 0 Å². The van der Waals surface area contributed by atoms with Crippen LogP contribution >= 0.6 is 23.2 Å². The molecular formula is C26H33Cl2N5O2. The van der Waals surface area contributed by atoms with Gasteiger partial charge < -0.3 is 25.6 Å². The summed E-state index contributed by atoms with van der Waals surface area (Å²) in [6.45, 7) is 5.25. The Morgan fingerprint density at radius 3 is 2.43 bits per heavy atom. The average molecular weight is 518 g/mol. The second kappa shape index (κ2) is 11.2. The Kier molecular flexibility index (Phi) is 7.88. The standard InChI is InChI=1S/C26H33Cl2N5O2/c27-20-3-4-21(22(28)15-20)25-24(31-16-23(18-1-2-18)29-7-8-30-25)17-32-9-11-33(12-10-32)26(34)19-5-13-35-14-6-19/h3-4,7-8,15-16,18-19,29-31H,1-2,5-6,9-14,17H2. The zero-order valence-corrected chi connectivity index (χ0v) is 21.4. The first-order valence-corrected chi connectivity index (χ1v) is 13.3. The second-order valence-corrected chi connectivity index (χ2v) is 10.4. The van der Waals surface area contributed by atoms with Gasteiger partial charge in [0.1, 0.15) is 0 Å². The molecule has 0 bridgehead atoms. The predicted octanol–water partition coefficient (Wildman–Crippen LogP) is 3.74.